The second-order valence-corrected chi connectivity index (χ2v) is 4.72. The Morgan fingerprint density at radius 3 is 2.69 bits per heavy atom. The molecule has 2 heteroatoms. The van der Waals surface area contributed by atoms with Crippen molar-refractivity contribution < 1.29 is 0 Å². The molecule has 0 bridgehead atoms. The summed E-state index contributed by atoms with van der Waals surface area (Å²) in [5.74, 6) is 0. The first-order valence-electron chi connectivity index (χ1n) is 5.25. The zero-order chi connectivity index (χ0) is 11.0. The number of hydrogen-bond acceptors (Lipinski definition) is 2. The Balaban J connectivity index is 2.25. The lowest BCUT2D eigenvalue weighted by Crippen LogP contribution is -1.85. The summed E-state index contributed by atoms with van der Waals surface area (Å²) in [5.41, 5.74) is 3.54. The fourth-order valence-corrected chi connectivity index (χ4v) is 2.71. The summed E-state index contributed by atoms with van der Waals surface area (Å²) >= 11 is 1.70. The van der Waals surface area contributed by atoms with E-state index in [4.69, 9.17) is 0 Å². The monoisotopic (exact) mass is 225 g/mol. The summed E-state index contributed by atoms with van der Waals surface area (Å²) in [6, 6.07) is 14.6. The van der Waals surface area contributed by atoms with Crippen LogP contribution >= 0.6 is 11.3 Å². The molecular weight excluding hydrogens is 214 g/mol. The molecule has 0 aliphatic carbocycles. The van der Waals surface area contributed by atoms with E-state index >= 15 is 0 Å². The van der Waals surface area contributed by atoms with Gasteiger partial charge < -0.3 is 0 Å². The number of pyridine rings is 1. The van der Waals surface area contributed by atoms with Crippen molar-refractivity contribution in [1.82, 2.24) is 4.98 Å². The second kappa shape index (κ2) is 3.72. The minimum Gasteiger partial charge on any atom is -0.237 e. The maximum absolute atomic E-state index is 4.68. The van der Waals surface area contributed by atoms with E-state index in [1.165, 1.54) is 16.5 Å². The van der Waals surface area contributed by atoms with Gasteiger partial charge in [0.1, 0.15) is 4.83 Å². The Bertz CT molecular complexity index is 626. The maximum Gasteiger partial charge on any atom is 0.124 e. The smallest absolute Gasteiger partial charge is 0.124 e. The van der Waals surface area contributed by atoms with E-state index in [-0.39, 0.29) is 0 Å². The SMILES string of the molecule is Cc1cc(-c2ccccc2)nc2sccc12. The van der Waals surface area contributed by atoms with E-state index in [1.807, 2.05) is 18.2 Å². The van der Waals surface area contributed by atoms with Gasteiger partial charge in [0.25, 0.3) is 0 Å². The largest absolute Gasteiger partial charge is 0.237 e. The average Bonchev–Trinajstić information content (AvgIpc) is 2.79. The number of rotatable bonds is 1. The van der Waals surface area contributed by atoms with Crippen molar-refractivity contribution in [2.24, 2.45) is 0 Å². The highest BCUT2D eigenvalue weighted by Crippen LogP contribution is 2.27. The number of benzene rings is 1. The summed E-state index contributed by atoms with van der Waals surface area (Å²) in [7, 11) is 0. The van der Waals surface area contributed by atoms with Crippen molar-refractivity contribution >= 4 is 21.6 Å². The quantitative estimate of drug-likeness (QED) is 0.602. The number of hydrogen-bond donors (Lipinski definition) is 0. The lowest BCUT2D eigenvalue weighted by Gasteiger charge is -2.03. The molecule has 1 nitrogen and oxygen atoms in total. The van der Waals surface area contributed by atoms with E-state index in [0.29, 0.717) is 0 Å². The van der Waals surface area contributed by atoms with Crippen molar-refractivity contribution in [2.75, 3.05) is 0 Å². The summed E-state index contributed by atoms with van der Waals surface area (Å²) in [5, 5.41) is 3.36. The van der Waals surface area contributed by atoms with Crippen LogP contribution in [0.2, 0.25) is 0 Å². The summed E-state index contributed by atoms with van der Waals surface area (Å²) in [6.45, 7) is 2.14. The first-order chi connectivity index (χ1) is 7.84. The molecule has 0 spiro atoms. The number of thiophene rings is 1. The van der Waals surface area contributed by atoms with Crippen LogP contribution in [0.3, 0.4) is 0 Å². The lowest BCUT2D eigenvalue weighted by molar-refractivity contribution is 1.38. The summed E-state index contributed by atoms with van der Waals surface area (Å²) in [4.78, 5) is 5.81. The molecule has 78 valence electrons. The van der Waals surface area contributed by atoms with Crippen LogP contribution in [-0.2, 0) is 0 Å². The topological polar surface area (TPSA) is 12.9 Å². The van der Waals surface area contributed by atoms with Gasteiger partial charge in [-0.15, -0.1) is 11.3 Å². The van der Waals surface area contributed by atoms with Gasteiger partial charge >= 0.3 is 0 Å². The molecule has 0 saturated heterocycles. The van der Waals surface area contributed by atoms with E-state index < -0.39 is 0 Å². The Kier molecular flexibility index (Phi) is 2.22. The fraction of sp³-hybridized carbons (Fsp3) is 0.0714. The van der Waals surface area contributed by atoms with Crippen molar-refractivity contribution in [2.45, 2.75) is 6.92 Å². The molecule has 0 amide bonds. The standard InChI is InChI=1S/C14H11NS/c1-10-9-13(11-5-3-2-4-6-11)15-14-12(10)7-8-16-14/h2-9H,1H3. The Morgan fingerprint density at radius 2 is 1.88 bits per heavy atom. The van der Waals surface area contributed by atoms with Crippen molar-refractivity contribution in [1.29, 1.82) is 0 Å². The lowest BCUT2D eigenvalue weighted by atomic mass is 10.1. The summed E-state index contributed by atoms with van der Waals surface area (Å²) < 4.78 is 0. The zero-order valence-electron chi connectivity index (χ0n) is 8.97. The molecule has 0 N–H and O–H groups in total. The van der Waals surface area contributed by atoms with Gasteiger partial charge in [0.05, 0.1) is 5.69 Å². The third kappa shape index (κ3) is 1.51. The third-order valence-corrected chi connectivity index (χ3v) is 3.52. The normalized spacial score (nSPS) is 10.8. The van der Waals surface area contributed by atoms with Crippen LogP contribution in [-0.4, -0.2) is 4.98 Å². The predicted octanol–water partition coefficient (Wildman–Crippen LogP) is 4.27. The predicted molar refractivity (Wildman–Crippen MR) is 69.8 cm³/mol. The number of fused-ring (bicyclic) bond motifs is 1. The molecule has 2 heterocycles. The van der Waals surface area contributed by atoms with Crippen LogP contribution in [0, 0.1) is 6.92 Å². The van der Waals surface area contributed by atoms with Gasteiger partial charge in [0.15, 0.2) is 0 Å². The number of aryl methyl sites for hydroxylation is 1. The fourth-order valence-electron chi connectivity index (χ4n) is 1.87. The van der Waals surface area contributed by atoms with Crippen LogP contribution < -0.4 is 0 Å². The highest BCUT2D eigenvalue weighted by Gasteiger charge is 2.04. The molecule has 3 aromatic rings. The van der Waals surface area contributed by atoms with Gasteiger partial charge in [-0.3, -0.25) is 0 Å². The van der Waals surface area contributed by atoms with Gasteiger partial charge in [-0.25, -0.2) is 4.98 Å². The van der Waals surface area contributed by atoms with E-state index in [0.717, 1.165) is 10.5 Å². The molecule has 0 atom stereocenters. The van der Waals surface area contributed by atoms with Crippen LogP contribution in [0.5, 0.6) is 0 Å². The maximum atomic E-state index is 4.68. The zero-order valence-corrected chi connectivity index (χ0v) is 9.79. The number of nitrogens with zero attached hydrogens (tertiary/aromatic N) is 1. The molecule has 0 saturated carbocycles. The number of aromatic nitrogens is 1. The third-order valence-electron chi connectivity index (χ3n) is 2.71. The molecule has 3 rings (SSSR count). The molecule has 0 radical (unpaired) electrons. The molecule has 0 fully saturated rings. The minimum absolute atomic E-state index is 1.06. The van der Waals surface area contributed by atoms with E-state index in [1.54, 1.807) is 11.3 Å². The first kappa shape index (κ1) is 9.55. The Morgan fingerprint density at radius 1 is 1.06 bits per heavy atom. The molecule has 0 aliphatic rings. The molecule has 0 unspecified atom stereocenters. The molecule has 2 aromatic heterocycles. The van der Waals surface area contributed by atoms with Gasteiger partial charge in [-0.2, -0.15) is 0 Å². The Hall–Kier alpha value is -1.67. The average molecular weight is 225 g/mol. The minimum atomic E-state index is 1.06. The summed E-state index contributed by atoms with van der Waals surface area (Å²) in [6.07, 6.45) is 0. The van der Waals surface area contributed by atoms with Crippen LogP contribution in [0.1, 0.15) is 5.56 Å². The Labute approximate surface area is 98.4 Å². The highest BCUT2D eigenvalue weighted by atomic mass is 32.1. The van der Waals surface area contributed by atoms with Gasteiger partial charge in [0.2, 0.25) is 0 Å². The highest BCUT2D eigenvalue weighted by molar-refractivity contribution is 7.16. The first-order valence-corrected chi connectivity index (χ1v) is 6.13. The van der Waals surface area contributed by atoms with Crippen LogP contribution in [0.4, 0.5) is 0 Å². The van der Waals surface area contributed by atoms with Crippen LogP contribution in [0.25, 0.3) is 21.5 Å². The van der Waals surface area contributed by atoms with Crippen LogP contribution in [0.15, 0.2) is 47.8 Å². The van der Waals surface area contributed by atoms with Crippen molar-refractivity contribution in [3.8, 4) is 11.3 Å². The van der Waals surface area contributed by atoms with E-state index in [9.17, 15) is 0 Å². The van der Waals surface area contributed by atoms with Crippen molar-refractivity contribution in [3.05, 3.63) is 53.4 Å². The van der Waals surface area contributed by atoms with Crippen molar-refractivity contribution in [3.63, 3.8) is 0 Å². The second-order valence-electron chi connectivity index (χ2n) is 3.83. The molecule has 1 aromatic carbocycles. The van der Waals surface area contributed by atoms with Gasteiger partial charge in [-0.1, -0.05) is 30.3 Å². The van der Waals surface area contributed by atoms with Gasteiger partial charge in [-0.05, 0) is 30.0 Å². The molecule has 0 aliphatic heterocycles. The molecular formula is C14H11NS. The van der Waals surface area contributed by atoms with E-state index in [2.05, 4.69) is 41.6 Å². The molecule has 16 heavy (non-hydrogen) atoms. The van der Waals surface area contributed by atoms with Gasteiger partial charge in [0, 0.05) is 10.9 Å².